The summed E-state index contributed by atoms with van der Waals surface area (Å²) in [5, 5.41) is 0.0295. The highest BCUT2D eigenvalue weighted by Crippen LogP contribution is 2.14. The molecule has 1 heterocycles. The summed E-state index contributed by atoms with van der Waals surface area (Å²) < 4.78 is 6.52. The highest BCUT2D eigenvalue weighted by Gasteiger charge is 2.06. The highest BCUT2D eigenvalue weighted by molar-refractivity contribution is 6.31. The Morgan fingerprint density at radius 1 is 1.50 bits per heavy atom. The summed E-state index contributed by atoms with van der Waals surface area (Å²) in [6.07, 6.45) is 1.38. The van der Waals surface area contributed by atoms with Gasteiger partial charge in [-0.1, -0.05) is 23.7 Å². The summed E-state index contributed by atoms with van der Waals surface area (Å²) in [6, 6.07) is 7.42. The number of nitrogen functional groups attached to an aromatic ring is 1. The van der Waals surface area contributed by atoms with Gasteiger partial charge in [0.15, 0.2) is 5.15 Å². The molecule has 0 spiro atoms. The molecule has 5 nitrogen and oxygen atoms in total. The summed E-state index contributed by atoms with van der Waals surface area (Å²) in [5.74, 6) is 0.732. The van der Waals surface area contributed by atoms with Gasteiger partial charge in [-0.2, -0.15) is 0 Å². The number of nitrogens with two attached hydrogens (primary N) is 1. The zero-order valence-electron chi connectivity index (χ0n) is 9.76. The molecule has 0 aliphatic heterocycles. The molecule has 0 saturated carbocycles. The van der Waals surface area contributed by atoms with E-state index in [2.05, 4.69) is 4.98 Å². The smallest absolute Gasteiger partial charge is 0.278 e. The molecule has 0 atom stereocenters. The molecular formula is C12H12ClN3O2. The van der Waals surface area contributed by atoms with E-state index in [4.69, 9.17) is 22.1 Å². The lowest BCUT2D eigenvalue weighted by Crippen LogP contribution is -2.24. The Bertz CT molecular complexity index is 625. The van der Waals surface area contributed by atoms with E-state index >= 15 is 0 Å². The number of aromatic nitrogens is 2. The molecule has 6 heteroatoms. The maximum atomic E-state index is 11.8. The molecule has 0 saturated heterocycles. The van der Waals surface area contributed by atoms with Gasteiger partial charge >= 0.3 is 0 Å². The summed E-state index contributed by atoms with van der Waals surface area (Å²) in [5.41, 5.74) is 6.07. The Labute approximate surface area is 109 Å². The molecule has 18 heavy (non-hydrogen) atoms. The van der Waals surface area contributed by atoms with Crippen molar-refractivity contribution in [3.05, 3.63) is 51.7 Å². The number of ether oxygens (including phenoxy) is 1. The summed E-state index contributed by atoms with van der Waals surface area (Å²) in [6.45, 7) is 0.365. The van der Waals surface area contributed by atoms with Crippen LogP contribution in [-0.4, -0.2) is 16.7 Å². The Kier molecular flexibility index (Phi) is 3.53. The Hall–Kier alpha value is -2.01. The molecule has 0 aliphatic rings. The fourth-order valence-electron chi connectivity index (χ4n) is 1.57. The topological polar surface area (TPSA) is 70.1 Å². The van der Waals surface area contributed by atoms with E-state index in [0.717, 1.165) is 11.3 Å². The Balaban J connectivity index is 2.34. The van der Waals surface area contributed by atoms with Crippen molar-refractivity contribution in [2.45, 2.75) is 6.54 Å². The van der Waals surface area contributed by atoms with Gasteiger partial charge < -0.3 is 10.5 Å². The standard InChI is InChI=1S/C12H12ClN3O2/c1-18-9-4-2-3-8(5-9)6-16-7-15-11(13)10(14)12(16)17/h2-5,7H,6,14H2,1H3. The monoisotopic (exact) mass is 265 g/mol. The molecule has 0 fully saturated rings. The van der Waals surface area contributed by atoms with Crippen LogP contribution >= 0.6 is 11.6 Å². The normalized spacial score (nSPS) is 10.3. The van der Waals surface area contributed by atoms with Gasteiger partial charge in [-0.25, -0.2) is 4.98 Å². The van der Waals surface area contributed by atoms with Gasteiger partial charge in [-0.3, -0.25) is 9.36 Å². The second-order valence-corrected chi connectivity index (χ2v) is 4.09. The van der Waals surface area contributed by atoms with Crippen molar-refractivity contribution in [3.8, 4) is 5.75 Å². The molecule has 1 aromatic heterocycles. The van der Waals surface area contributed by atoms with Crippen molar-refractivity contribution in [3.63, 3.8) is 0 Å². The van der Waals surface area contributed by atoms with Crippen LogP contribution in [0.25, 0.3) is 0 Å². The highest BCUT2D eigenvalue weighted by atomic mass is 35.5. The van der Waals surface area contributed by atoms with Gasteiger partial charge in [0.05, 0.1) is 20.0 Å². The number of benzene rings is 1. The average Bonchev–Trinajstić information content (AvgIpc) is 2.40. The first kappa shape index (κ1) is 12.4. The molecular weight excluding hydrogens is 254 g/mol. The first-order valence-corrected chi connectivity index (χ1v) is 5.63. The predicted octanol–water partition coefficient (Wildman–Crippen LogP) is 1.54. The third-order valence-corrected chi connectivity index (χ3v) is 2.81. The van der Waals surface area contributed by atoms with Gasteiger partial charge in [0.2, 0.25) is 0 Å². The number of anilines is 1. The van der Waals surface area contributed by atoms with Crippen molar-refractivity contribution in [1.29, 1.82) is 0 Å². The zero-order chi connectivity index (χ0) is 13.1. The van der Waals surface area contributed by atoms with E-state index < -0.39 is 0 Å². The van der Waals surface area contributed by atoms with Crippen molar-refractivity contribution >= 4 is 17.3 Å². The van der Waals surface area contributed by atoms with Crippen LogP contribution in [0.5, 0.6) is 5.75 Å². The molecule has 2 N–H and O–H groups in total. The lowest BCUT2D eigenvalue weighted by atomic mass is 10.2. The Morgan fingerprint density at radius 2 is 2.28 bits per heavy atom. The summed E-state index contributed by atoms with van der Waals surface area (Å²) in [4.78, 5) is 15.7. The lowest BCUT2D eigenvalue weighted by molar-refractivity contribution is 0.414. The average molecular weight is 266 g/mol. The van der Waals surface area contributed by atoms with E-state index in [1.807, 2.05) is 24.3 Å². The van der Waals surface area contributed by atoms with Crippen LogP contribution in [0.2, 0.25) is 5.15 Å². The van der Waals surface area contributed by atoms with Crippen LogP contribution in [0.3, 0.4) is 0 Å². The lowest BCUT2D eigenvalue weighted by Gasteiger charge is -2.08. The van der Waals surface area contributed by atoms with Crippen LogP contribution in [0, 0.1) is 0 Å². The van der Waals surface area contributed by atoms with E-state index in [-0.39, 0.29) is 16.4 Å². The number of hydrogen-bond donors (Lipinski definition) is 1. The molecule has 0 aliphatic carbocycles. The molecule has 0 radical (unpaired) electrons. The molecule has 0 amide bonds. The van der Waals surface area contributed by atoms with Crippen LogP contribution in [0.1, 0.15) is 5.56 Å². The Morgan fingerprint density at radius 3 is 3.00 bits per heavy atom. The maximum absolute atomic E-state index is 11.8. The van der Waals surface area contributed by atoms with Gasteiger partial charge in [0.25, 0.3) is 5.56 Å². The van der Waals surface area contributed by atoms with E-state index in [1.165, 1.54) is 10.9 Å². The van der Waals surface area contributed by atoms with Crippen LogP contribution in [0.4, 0.5) is 5.69 Å². The minimum Gasteiger partial charge on any atom is -0.497 e. The number of methoxy groups -OCH3 is 1. The number of nitrogens with zero attached hydrogens (tertiary/aromatic N) is 2. The molecule has 94 valence electrons. The van der Waals surface area contributed by atoms with E-state index in [1.54, 1.807) is 7.11 Å². The SMILES string of the molecule is COc1cccc(Cn2cnc(Cl)c(N)c2=O)c1. The van der Waals surface area contributed by atoms with Gasteiger partial charge in [-0.05, 0) is 17.7 Å². The maximum Gasteiger partial charge on any atom is 0.278 e. The molecule has 2 aromatic rings. The third kappa shape index (κ3) is 2.46. The van der Waals surface area contributed by atoms with Crippen LogP contribution < -0.4 is 16.0 Å². The number of rotatable bonds is 3. The zero-order valence-corrected chi connectivity index (χ0v) is 10.5. The quantitative estimate of drug-likeness (QED) is 0.855. The van der Waals surface area contributed by atoms with Crippen molar-refractivity contribution in [1.82, 2.24) is 9.55 Å². The van der Waals surface area contributed by atoms with Gasteiger partial charge in [-0.15, -0.1) is 0 Å². The second kappa shape index (κ2) is 5.10. The second-order valence-electron chi connectivity index (χ2n) is 3.73. The van der Waals surface area contributed by atoms with Crippen LogP contribution in [-0.2, 0) is 6.54 Å². The third-order valence-electron chi connectivity index (χ3n) is 2.51. The molecule has 2 rings (SSSR count). The van der Waals surface area contributed by atoms with Crippen molar-refractivity contribution < 1.29 is 4.74 Å². The van der Waals surface area contributed by atoms with Crippen molar-refractivity contribution in [2.75, 3.05) is 12.8 Å². The summed E-state index contributed by atoms with van der Waals surface area (Å²) in [7, 11) is 1.59. The predicted molar refractivity (Wildman–Crippen MR) is 70.0 cm³/mol. The first-order valence-electron chi connectivity index (χ1n) is 5.25. The molecule has 0 bridgehead atoms. The minimum absolute atomic E-state index is 0.0295. The minimum atomic E-state index is -0.349. The largest absolute Gasteiger partial charge is 0.497 e. The number of hydrogen-bond acceptors (Lipinski definition) is 4. The molecule has 1 aromatic carbocycles. The summed E-state index contributed by atoms with van der Waals surface area (Å²) >= 11 is 5.67. The van der Waals surface area contributed by atoms with E-state index in [0.29, 0.717) is 6.54 Å². The van der Waals surface area contributed by atoms with Crippen molar-refractivity contribution in [2.24, 2.45) is 0 Å². The van der Waals surface area contributed by atoms with Gasteiger partial charge in [0, 0.05) is 0 Å². The van der Waals surface area contributed by atoms with Crippen LogP contribution in [0.15, 0.2) is 35.4 Å². The molecule has 0 unspecified atom stereocenters. The fraction of sp³-hybridized carbons (Fsp3) is 0.167. The fourth-order valence-corrected chi connectivity index (χ4v) is 1.69. The van der Waals surface area contributed by atoms with Gasteiger partial charge in [0.1, 0.15) is 11.4 Å². The van der Waals surface area contributed by atoms with E-state index in [9.17, 15) is 4.79 Å². The first-order chi connectivity index (χ1) is 8.61. The number of halogens is 1.